The number of carbonyl (C=O) groups excluding carboxylic acids is 1. The summed E-state index contributed by atoms with van der Waals surface area (Å²) >= 11 is 1.52. The largest absolute Gasteiger partial charge is 0.450 e. The Kier molecular flexibility index (Phi) is 6.15. The van der Waals surface area contributed by atoms with Gasteiger partial charge in [-0.3, -0.25) is 0 Å². The molecule has 0 aliphatic carbocycles. The zero-order valence-electron chi connectivity index (χ0n) is 9.66. The third-order valence-corrected chi connectivity index (χ3v) is 2.79. The van der Waals surface area contributed by atoms with Crippen molar-refractivity contribution in [2.24, 2.45) is 0 Å². The maximum absolute atomic E-state index is 11.0. The Bertz CT molecular complexity index is 417. The van der Waals surface area contributed by atoms with E-state index in [-0.39, 0.29) is 6.61 Å². The van der Waals surface area contributed by atoms with Crippen LogP contribution in [0.15, 0.2) is 12.1 Å². The van der Waals surface area contributed by atoms with Crippen LogP contribution >= 0.6 is 11.3 Å². The molecule has 0 aromatic carbocycles. The minimum Gasteiger partial charge on any atom is -0.450 e. The molecule has 92 valence electrons. The summed E-state index contributed by atoms with van der Waals surface area (Å²) in [5.41, 5.74) is 0. The molecule has 0 aliphatic rings. The highest BCUT2D eigenvalue weighted by Gasteiger charge is 2.02. The molecule has 4 nitrogen and oxygen atoms in total. The third-order valence-electron chi connectivity index (χ3n) is 1.79. The van der Waals surface area contributed by atoms with E-state index in [1.54, 1.807) is 6.92 Å². The van der Waals surface area contributed by atoms with Crippen LogP contribution in [-0.2, 0) is 11.3 Å². The number of aliphatic hydroxyl groups excluding tert-OH is 1. The summed E-state index contributed by atoms with van der Waals surface area (Å²) < 4.78 is 4.75. The summed E-state index contributed by atoms with van der Waals surface area (Å²) in [6, 6.07) is 3.82. The lowest BCUT2D eigenvalue weighted by atomic mass is 10.4. The van der Waals surface area contributed by atoms with Crippen molar-refractivity contribution in [3.05, 3.63) is 21.9 Å². The van der Waals surface area contributed by atoms with Crippen molar-refractivity contribution in [2.45, 2.75) is 19.9 Å². The van der Waals surface area contributed by atoms with Crippen molar-refractivity contribution >= 4 is 17.4 Å². The Morgan fingerprint density at radius 1 is 1.59 bits per heavy atom. The van der Waals surface area contributed by atoms with Crippen molar-refractivity contribution in [3.63, 3.8) is 0 Å². The highest BCUT2D eigenvalue weighted by Crippen LogP contribution is 2.15. The predicted octanol–water partition coefficient (Wildman–Crippen LogP) is 1.73. The molecule has 0 unspecified atom stereocenters. The summed E-state index contributed by atoms with van der Waals surface area (Å²) in [5, 5.41) is 11.2. The van der Waals surface area contributed by atoms with Gasteiger partial charge in [0.05, 0.1) is 24.6 Å². The molecule has 1 amide bonds. The number of rotatable bonds is 4. The normalized spacial score (nSPS) is 9.29. The molecule has 1 aromatic heterocycles. The molecular weight excluding hydrogens is 238 g/mol. The predicted molar refractivity (Wildman–Crippen MR) is 66.8 cm³/mol. The molecule has 1 heterocycles. The molecule has 17 heavy (non-hydrogen) atoms. The van der Waals surface area contributed by atoms with E-state index in [0.717, 1.165) is 9.75 Å². The van der Waals surface area contributed by atoms with Crippen LogP contribution in [0.1, 0.15) is 23.1 Å². The van der Waals surface area contributed by atoms with Crippen molar-refractivity contribution in [3.8, 4) is 11.8 Å². The van der Waals surface area contributed by atoms with Crippen molar-refractivity contribution < 1.29 is 14.6 Å². The van der Waals surface area contributed by atoms with Gasteiger partial charge in [0.25, 0.3) is 0 Å². The minimum atomic E-state index is -0.409. The van der Waals surface area contributed by atoms with Crippen LogP contribution in [0.3, 0.4) is 0 Å². The summed E-state index contributed by atoms with van der Waals surface area (Å²) in [4.78, 5) is 13.0. The van der Waals surface area contributed by atoms with E-state index in [0.29, 0.717) is 19.6 Å². The van der Waals surface area contributed by atoms with E-state index < -0.39 is 6.09 Å². The molecule has 0 saturated heterocycles. The summed E-state index contributed by atoms with van der Waals surface area (Å²) in [6.45, 7) is 2.66. The number of carbonyl (C=O) groups is 1. The first-order valence-corrected chi connectivity index (χ1v) is 6.17. The Labute approximate surface area is 105 Å². The summed E-state index contributed by atoms with van der Waals surface area (Å²) in [7, 11) is 0. The number of alkyl carbamates (subject to hydrolysis) is 1. The second-order valence-electron chi connectivity index (χ2n) is 3.12. The van der Waals surface area contributed by atoms with E-state index >= 15 is 0 Å². The van der Waals surface area contributed by atoms with Gasteiger partial charge in [0.1, 0.15) is 0 Å². The topological polar surface area (TPSA) is 58.6 Å². The first-order chi connectivity index (χ1) is 8.26. The molecule has 0 aliphatic heterocycles. The number of thiophene rings is 1. The lowest BCUT2D eigenvalue weighted by Gasteiger charge is -2.02. The second kappa shape index (κ2) is 7.71. The van der Waals surface area contributed by atoms with Crippen LogP contribution in [0.5, 0.6) is 0 Å². The fraction of sp³-hybridized carbons (Fsp3) is 0.417. The van der Waals surface area contributed by atoms with Crippen LogP contribution in [0.2, 0.25) is 0 Å². The highest BCUT2D eigenvalue weighted by atomic mass is 32.1. The van der Waals surface area contributed by atoms with Gasteiger partial charge in [0.2, 0.25) is 0 Å². The molecule has 0 bridgehead atoms. The molecular formula is C12H15NO3S. The van der Waals surface area contributed by atoms with Crippen molar-refractivity contribution in [2.75, 3.05) is 13.2 Å². The van der Waals surface area contributed by atoms with Gasteiger partial charge in [-0.15, -0.1) is 11.3 Å². The number of aliphatic hydroxyl groups is 1. The number of ether oxygens (including phenoxy) is 1. The Balaban J connectivity index is 2.41. The fourth-order valence-corrected chi connectivity index (χ4v) is 1.91. The van der Waals surface area contributed by atoms with Gasteiger partial charge in [-0.1, -0.05) is 11.8 Å². The molecule has 1 aromatic rings. The van der Waals surface area contributed by atoms with Crippen LogP contribution in [0, 0.1) is 11.8 Å². The molecule has 0 atom stereocenters. The maximum atomic E-state index is 11.0. The number of hydrogen-bond acceptors (Lipinski definition) is 4. The monoisotopic (exact) mass is 253 g/mol. The van der Waals surface area contributed by atoms with Gasteiger partial charge in [0, 0.05) is 11.3 Å². The van der Waals surface area contributed by atoms with E-state index in [2.05, 4.69) is 17.2 Å². The van der Waals surface area contributed by atoms with E-state index in [4.69, 9.17) is 9.84 Å². The standard InChI is InChI=1S/C12H15NO3S/c1-2-16-12(15)13-9-11-7-6-10(17-11)5-3-4-8-14/h6-7,14H,2,4,8-9H2,1H3,(H,13,15). The smallest absolute Gasteiger partial charge is 0.407 e. The summed E-state index contributed by atoms with van der Waals surface area (Å²) in [5.74, 6) is 5.79. The van der Waals surface area contributed by atoms with Crippen molar-refractivity contribution in [1.29, 1.82) is 0 Å². The third kappa shape index (κ3) is 5.38. The first kappa shape index (κ1) is 13.6. The van der Waals surface area contributed by atoms with Crippen LogP contribution in [-0.4, -0.2) is 24.4 Å². The van der Waals surface area contributed by atoms with Gasteiger partial charge in [0.15, 0.2) is 0 Å². The van der Waals surface area contributed by atoms with Crippen molar-refractivity contribution in [1.82, 2.24) is 5.32 Å². The average molecular weight is 253 g/mol. The number of amides is 1. The zero-order valence-corrected chi connectivity index (χ0v) is 10.5. The van der Waals surface area contributed by atoms with Gasteiger partial charge in [-0.25, -0.2) is 4.79 Å². The van der Waals surface area contributed by atoms with E-state index in [1.807, 2.05) is 12.1 Å². The number of hydrogen-bond donors (Lipinski definition) is 2. The molecule has 0 saturated carbocycles. The first-order valence-electron chi connectivity index (χ1n) is 5.35. The molecule has 0 spiro atoms. The Hall–Kier alpha value is -1.51. The van der Waals surface area contributed by atoms with E-state index in [1.165, 1.54) is 11.3 Å². The average Bonchev–Trinajstić information content (AvgIpc) is 2.75. The second-order valence-corrected chi connectivity index (χ2v) is 4.28. The SMILES string of the molecule is CCOC(=O)NCc1ccc(C#CCCO)s1. The molecule has 2 N–H and O–H groups in total. The Morgan fingerprint density at radius 2 is 2.41 bits per heavy atom. The lowest BCUT2D eigenvalue weighted by molar-refractivity contribution is 0.152. The van der Waals surface area contributed by atoms with Crippen LogP contribution < -0.4 is 5.32 Å². The van der Waals surface area contributed by atoms with Gasteiger partial charge in [-0.05, 0) is 19.1 Å². The van der Waals surface area contributed by atoms with Gasteiger partial charge < -0.3 is 15.2 Å². The zero-order chi connectivity index (χ0) is 12.5. The quantitative estimate of drug-likeness (QED) is 0.803. The molecule has 0 radical (unpaired) electrons. The molecule has 5 heteroatoms. The van der Waals surface area contributed by atoms with Crippen LogP contribution in [0.4, 0.5) is 4.79 Å². The fourth-order valence-electron chi connectivity index (χ4n) is 1.09. The molecule has 0 fully saturated rings. The van der Waals surface area contributed by atoms with Gasteiger partial charge in [-0.2, -0.15) is 0 Å². The van der Waals surface area contributed by atoms with E-state index in [9.17, 15) is 4.79 Å². The maximum Gasteiger partial charge on any atom is 0.407 e. The van der Waals surface area contributed by atoms with Gasteiger partial charge >= 0.3 is 6.09 Å². The summed E-state index contributed by atoms with van der Waals surface area (Å²) in [6.07, 6.45) is 0.0720. The van der Waals surface area contributed by atoms with Crippen LogP contribution in [0.25, 0.3) is 0 Å². The number of nitrogens with one attached hydrogen (secondary N) is 1. The minimum absolute atomic E-state index is 0.0790. The highest BCUT2D eigenvalue weighted by molar-refractivity contribution is 7.12. The lowest BCUT2D eigenvalue weighted by Crippen LogP contribution is -2.23. The Morgan fingerprint density at radius 3 is 3.12 bits per heavy atom. The molecule has 1 rings (SSSR count).